The third-order valence-corrected chi connectivity index (χ3v) is 7.03. The molecule has 9 N–H and O–H groups in total. The number of aliphatic hydroxyl groups excluding tert-OH is 5. The van der Waals surface area contributed by atoms with Gasteiger partial charge in [0.1, 0.15) is 36.6 Å². The molecule has 2 heterocycles. The van der Waals surface area contributed by atoms with Crippen molar-refractivity contribution in [2.75, 3.05) is 6.61 Å². The Bertz CT molecular complexity index is 1350. The van der Waals surface area contributed by atoms with Gasteiger partial charge in [-0.3, -0.25) is 0 Å². The van der Waals surface area contributed by atoms with Gasteiger partial charge in [0.05, 0.1) is 19.0 Å². The molecule has 2 saturated heterocycles. The summed E-state index contributed by atoms with van der Waals surface area (Å²) in [6.07, 6.45) is -10.7. The first-order chi connectivity index (χ1) is 20.9. The van der Waals surface area contributed by atoms with Crippen LogP contribution in [0.3, 0.4) is 0 Å². The zero-order chi connectivity index (χ0) is 32.1. The van der Waals surface area contributed by atoms with Crippen LogP contribution in [0.1, 0.15) is 18.1 Å². The predicted molar refractivity (Wildman–Crippen MR) is 148 cm³/mol. The van der Waals surface area contributed by atoms with Crippen LogP contribution in [0, 0.1) is 0 Å². The third-order valence-electron chi connectivity index (χ3n) is 7.03. The maximum Gasteiger partial charge on any atom is 0.331 e. The molecular weight excluding hydrogens is 588 g/mol. The molecule has 0 unspecified atom stereocenters. The van der Waals surface area contributed by atoms with Crippen LogP contribution in [0.4, 0.5) is 0 Å². The normalized spacial score (nSPS) is 32.6. The molecule has 0 aromatic heterocycles. The van der Waals surface area contributed by atoms with E-state index in [-0.39, 0.29) is 17.2 Å². The van der Waals surface area contributed by atoms with Crippen molar-refractivity contribution in [3.05, 3.63) is 59.9 Å². The average Bonchev–Trinajstić information content (AvgIpc) is 2.99. The predicted octanol–water partition coefficient (Wildman–Crippen LogP) is -0.588. The molecule has 2 fully saturated rings. The third kappa shape index (κ3) is 7.58. The number of hydrogen-bond donors (Lipinski definition) is 9. The second kappa shape index (κ2) is 14.2. The number of phenols is 4. The van der Waals surface area contributed by atoms with Crippen molar-refractivity contribution in [2.45, 2.75) is 68.3 Å². The first-order valence-corrected chi connectivity index (χ1v) is 13.4. The fraction of sp³-hybridized carbons (Fsp3) is 0.414. The van der Waals surface area contributed by atoms with E-state index in [2.05, 4.69) is 0 Å². The molecule has 0 amide bonds. The Kier molecular flexibility index (Phi) is 10.7. The molecule has 4 rings (SSSR count). The van der Waals surface area contributed by atoms with Crippen molar-refractivity contribution in [1.82, 2.24) is 0 Å². The van der Waals surface area contributed by atoms with Crippen LogP contribution in [0.2, 0.25) is 0 Å². The standard InChI is InChI=1S/C29H34O15/c1-13-22(36)23(37)24(38)29(41-13)44-27-25(39)28(40-9-8-15-3-6-17(32)19(34)11-15)42-20(12-30)26(27)43-21(35)7-4-14-2-5-16(31)18(33)10-14/h2-11,13,20,22-34,36-39H,12H2,1H3/t13-,20+,22+,23-,24-,25+,26-,27+,28-,29-/m1/s1. The maximum atomic E-state index is 12.8. The van der Waals surface area contributed by atoms with Gasteiger partial charge in [-0.1, -0.05) is 12.1 Å². The Morgan fingerprint density at radius 3 is 1.98 bits per heavy atom. The summed E-state index contributed by atoms with van der Waals surface area (Å²) in [6, 6.07) is 7.74. The van der Waals surface area contributed by atoms with E-state index in [1.165, 1.54) is 55.5 Å². The first-order valence-electron chi connectivity index (χ1n) is 13.4. The molecule has 10 atom stereocenters. The molecule has 2 aliphatic rings. The Balaban J connectivity index is 1.56. The lowest BCUT2D eigenvalue weighted by Gasteiger charge is -2.46. The molecule has 0 radical (unpaired) electrons. The van der Waals surface area contributed by atoms with Gasteiger partial charge in [-0.25, -0.2) is 4.79 Å². The average molecular weight is 623 g/mol. The van der Waals surface area contributed by atoms with Gasteiger partial charge in [0.15, 0.2) is 35.4 Å². The summed E-state index contributed by atoms with van der Waals surface area (Å²) in [5.41, 5.74) is 0.726. The van der Waals surface area contributed by atoms with Gasteiger partial charge in [-0.15, -0.1) is 0 Å². The van der Waals surface area contributed by atoms with Gasteiger partial charge in [0, 0.05) is 6.08 Å². The van der Waals surface area contributed by atoms with E-state index in [1.807, 2.05) is 0 Å². The number of hydrogen-bond acceptors (Lipinski definition) is 15. The van der Waals surface area contributed by atoms with Gasteiger partial charge in [-0.2, -0.15) is 0 Å². The summed E-state index contributed by atoms with van der Waals surface area (Å²) in [4.78, 5) is 12.8. The number of phenolic OH excluding ortho intramolecular Hbond substituents is 4. The summed E-state index contributed by atoms with van der Waals surface area (Å²) in [7, 11) is 0. The molecule has 2 aromatic carbocycles. The van der Waals surface area contributed by atoms with Crippen LogP contribution >= 0.6 is 0 Å². The van der Waals surface area contributed by atoms with Crippen molar-refractivity contribution in [3.63, 3.8) is 0 Å². The molecule has 240 valence electrons. The van der Waals surface area contributed by atoms with Gasteiger partial charge < -0.3 is 69.6 Å². The highest BCUT2D eigenvalue weighted by molar-refractivity contribution is 5.87. The number of aliphatic hydroxyl groups is 5. The monoisotopic (exact) mass is 622 g/mol. The molecule has 15 nitrogen and oxygen atoms in total. The van der Waals surface area contributed by atoms with E-state index >= 15 is 0 Å². The van der Waals surface area contributed by atoms with Crippen molar-refractivity contribution < 1.29 is 74.4 Å². The van der Waals surface area contributed by atoms with Gasteiger partial charge in [0.2, 0.25) is 6.29 Å². The Morgan fingerprint density at radius 1 is 0.773 bits per heavy atom. The molecule has 15 heteroatoms. The fourth-order valence-electron chi connectivity index (χ4n) is 4.55. The Labute approximate surface area is 250 Å². The van der Waals surface area contributed by atoms with Crippen LogP contribution < -0.4 is 0 Å². The second-order valence-electron chi connectivity index (χ2n) is 10.2. The number of carbonyl (C=O) groups is 1. The lowest BCUT2D eigenvalue weighted by atomic mass is 9.97. The van der Waals surface area contributed by atoms with E-state index in [0.29, 0.717) is 11.1 Å². The summed E-state index contributed by atoms with van der Waals surface area (Å²) in [6.45, 7) is 0.648. The first kappa shape index (κ1) is 33.0. The molecule has 0 spiro atoms. The molecule has 2 aliphatic heterocycles. The largest absolute Gasteiger partial charge is 0.504 e. The van der Waals surface area contributed by atoms with Crippen LogP contribution in [-0.4, -0.2) is 120 Å². The number of aromatic hydroxyl groups is 4. The minimum Gasteiger partial charge on any atom is -0.504 e. The quantitative estimate of drug-likeness (QED) is 0.0734. The number of ether oxygens (including phenoxy) is 5. The smallest absolute Gasteiger partial charge is 0.331 e. The molecule has 0 aliphatic carbocycles. The summed E-state index contributed by atoms with van der Waals surface area (Å²) >= 11 is 0. The highest BCUT2D eigenvalue weighted by Crippen LogP contribution is 2.32. The molecular formula is C29H34O15. The van der Waals surface area contributed by atoms with Gasteiger partial charge in [-0.05, 0) is 54.5 Å². The van der Waals surface area contributed by atoms with E-state index in [1.54, 1.807) is 0 Å². The zero-order valence-electron chi connectivity index (χ0n) is 23.2. The van der Waals surface area contributed by atoms with E-state index < -0.39 is 79.7 Å². The maximum absolute atomic E-state index is 12.8. The van der Waals surface area contributed by atoms with Gasteiger partial charge >= 0.3 is 5.97 Å². The van der Waals surface area contributed by atoms with Crippen molar-refractivity contribution in [2.24, 2.45) is 0 Å². The zero-order valence-corrected chi connectivity index (χ0v) is 23.2. The molecule has 0 saturated carbocycles. The number of rotatable bonds is 9. The second-order valence-corrected chi connectivity index (χ2v) is 10.2. The van der Waals surface area contributed by atoms with Crippen molar-refractivity contribution in [3.8, 4) is 23.0 Å². The number of carbonyl (C=O) groups excluding carboxylic acids is 1. The Hall–Kier alpha value is -3.93. The van der Waals surface area contributed by atoms with Crippen LogP contribution in [0.15, 0.2) is 48.7 Å². The SMILES string of the molecule is C[C@H]1O[C@H](O[C@H]2[C@H](O)[C@H](OC=Cc3ccc(O)c(O)c3)O[C@@H](CO)[C@H]2OC(=O)C=Cc2ccc(O)c(O)c2)[C@H](O)[C@H](O)[C@H]1O. The summed E-state index contributed by atoms with van der Waals surface area (Å²) in [5, 5.41) is 90.4. The van der Waals surface area contributed by atoms with Crippen LogP contribution in [0.5, 0.6) is 23.0 Å². The number of benzene rings is 2. The molecule has 0 bridgehead atoms. The highest BCUT2D eigenvalue weighted by Gasteiger charge is 2.52. The van der Waals surface area contributed by atoms with Crippen molar-refractivity contribution in [1.29, 1.82) is 0 Å². The van der Waals surface area contributed by atoms with Gasteiger partial charge in [0.25, 0.3) is 0 Å². The minimum atomic E-state index is -1.79. The van der Waals surface area contributed by atoms with Crippen molar-refractivity contribution >= 4 is 18.1 Å². The minimum absolute atomic E-state index is 0.325. The Morgan fingerprint density at radius 2 is 1.39 bits per heavy atom. The lowest BCUT2D eigenvalue weighted by Crippen LogP contribution is -2.64. The van der Waals surface area contributed by atoms with E-state index in [4.69, 9.17) is 23.7 Å². The molecule has 2 aromatic rings. The number of esters is 1. The fourth-order valence-corrected chi connectivity index (χ4v) is 4.55. The topological polar surface area (TPSA) is 245 Å². The summed E-state index contributed by atoms with van der Waals surface area (Å²) in [5.74, 6) is -2.51. The summed E-state index contributed by atoms with van der Waals surface area (Å²) < 4.78 is 27.9. The lowest BCUT2D eigenvalue weighted by molar-refractivity contribution is -0.353. The van der Waals surface area contributed by atoms with E-state index in [0.717, 1.165) is 12.3 Å². The van der Waals surface area contributed by atoms with E-state index in [9.17, 15) is 50.8 Å². The van der Waals surface area contributed by atoms with Crippen LogP contribution in [0.25, 0.3) is 12.2 Å². The molecule has 44 heavy (non-hydrogen) atoms. The highest BCUT2D eigenvalue weighted by atomic mass is 16.7. The van der Waals surface area contributed by atoms with Crippen LogP contribution in [-0.2, 0) is 28.5 Å².